The van der Waals surface area contributed by atoms with E-state index in [-0.39, 0.29) is 0 Å². The van der Waals surface area contributed by atoms with Crippen LogP contribution in [0.15, 0.2) is 24.5 Å². The number of rotatable bonds is 3. The lowest BCUT2D eigenvalue weighted by Crippen LogP contribution is -2.50. The Kier molecular flexibility index (Phi) is 4.89. The highest BCUT2D eigenvalue weighted by atomic mass is 16.3. The number of hydrogen-bond donors (Lipinski definition) is 1. The van der Waals surface area contributed by atoms with E-state index in [4.69, 9.17) is 5.26 Å². The lowest BCUT2D eigenvalue weighted by Gasteiger charge is -2.57. The molecule has 1 aromatic heterocycles. The van der Waals surface area contributed by atoms with Crippen LogP contribution in [0.4, 0.5) is 0 Å². The molecule has 0 saturated heterocycles. The average molecular weight is 408 g/mol. The molecule has 4 fully saturated rings. The quantitative estimate of drug-likeness (QED) is 0.689. The summed E-state index contributed by atoms with van der Waals surface area (Å²) in [5.74, 6) is 4.76. The van der Waals surface area contributed by atoms with Gasteiger partial charge in [0.05, 0.1) is 23.9 Å². The van der Waals surface area contributed by atoms with Crippen molar-refractivity contribution in [3.8, 4) is 6.07 Å². The van der Waals surface area contributed by atoms with Crippen LogP contribution >= 0.6 is 0 Å². The first-order valence-electron chi connectivity index (χ1n) is 12.1. The number of aliphatic hydroxyl groups is 1. The summed E-state index contributed by atoms with van der Waals surface area (Å²) < 4.78 is 1.89. The van der Waals surface area contributed by atoms with Crippen molar-refractivity contribution in [2.75, 3.05) is 0 Å². The molecule has 30 heavy (non-hydrogen) atoms. The van der Waals surface area contributed by atoms with Crippen LogP contribution in [0, 0.1) is 52.3 Å². The van der Waals surface area contributed by atoms with E-state index < -0.39 is 5.60 Å². The summed E-state index contributed by atoms with van der Waals surface area (Å²) in [4.78, 5) is 0. The topological polar surface area (TPSA) is 61.8 Å². The van der Waals surface area contributed by atoms with Crippen LogP contribution in [0.2, 0.25) is 0 Å². The van der Waals surface area contributed by atoms with E-state index in [1.165, 1.54) is 50.5 Å². The Balaban J connectivity index is 1.30. The number of hydrogen-bond acceptors (Lipinski definition) is 3. The van der Waals surface area contributed by atoms with Gasteiger partial charge in [0, 0.05) is 6.20 Å². The molecule has 4 heteroatoms. The van der Waals surface area contributed by atoms with Crippen molar-refractivity contribution in [2.45, 2.75) is 83.8 Å². The molecule has 0 aromatic carbocycles. The van der Waals surface area contributed by atoms with Gasteiger partial charge in [-0.2, -0.15) is 10.4 Å². The Morgan fingerprint density at radius 2 is 1.97 bits per heavy atom. The first-order chi connectivity index (χ1) is 14.3. The highest BCUT2D eigenvalue weighted by Crippen LogP contribution is 2.65. The molecule has 0 amide bonds. The number of nitrogens with zero attached hydrogens (tertiary/aromatic N) is 3. The van der Waals surface area contributed by atoms with E-state index in [9.17, 15) is 5.11 Å². The van der Waals surface area contributed by atoms with Gasteiger partial charge in [0.25, 0.3) is 0 Å². The first kappa shape index (κ1) is 20.3. The van der Waals surface area contributed by atoms with Crippen LogP contribution in [0.25, 0.3) is 0 Å². The zero-order valence-electron chi connectivity index (χ0n) is 18.7. The number of fused-ring (bicyclic) bond motifs is 5. The lowest BCUT2D eigenvalue weighted by molar-refractivity contribution is -0.0979. The van der Waals surface area contributed by atoms with Crippen molar-refractivity contribution >= 4 is 0 Å². The molecule has 5 rings (SSSR count). The molecule has 4 aliphatic carbocycles. The smallest absolute Gasteiger partial charge is 0.102 e. The van der Waals surface area contributed by atoms with Crippen molar-refractivity contribution in [2.24, 2.45) is 40.9 Å². The third-order valence-electron chi connectivity index (χ3n) is 9.86. The molecule has 1 aromatic rings. The van der Waals surface area contributed by atoms with Gasteiger partial charge >= 0.3 is 0 Å². The van der Waals surface area contributed by atoms with Crippen LogP contribution in [0.1, 0.15) is 77.2 Å². The van der Waals surface area contributed by atoms with Gasteiger partial charge in [-0.1, -0.05) is 19.1 Å². The van der Waals surface area contributed by atoms with Crippen molar-refractivity contribution in [1.82, 2.24) is 9.78 Å². The molecule has 1 heterocycles. The van der Waals surface area contributed by atoms with Gasteiger partial charge in [0.15, 0.2) is 0 Å². The van der Waals surface area contributed by atoms with E-state index in [1.807, 2.05) is 10.9 Å². The van der Waals surface area contributed by atoms with Crippen LogP contribution < -0.4 is 0 Å². The summed E-state index contributed by atoms with van der Waals surface area (Å²) in [6.07, 6.45) is 14.7. The number of aromatic nitrogens is 2. The fourth-order valence-electron chi connectivity index (χ4n) is 8.58. The third-order valence-corrected chi connectivity index (χ3v) is 9.86. The van der Waals surface area contributed by atoms with Gasteiger partial charge in [-0.05, 0) is 106 Å². The highest BCUT2D eigenvalue weighted by Gasteiger charge is 2.57. The summed E-state index contributed by atoms with van der Waals surface area (Å²) in [5.41, 5.74) is 1.87. The SMILES string of the molecule is C=C(Cn1cc(C#N)cn1)C1CC[C@H]2C3CCC4C[C@](C)(O)CCC4[C@H]3CCC12C. The minimum Gasteiger partial charge on any atom is -0.390 e. The molecular formula is C26H37N3O. The summed E-state index contributed by atoms with van der Waals surface area (Å²) in [7, 11) is 0. The van der Waals surface area contributed by atoms with Crippen LogP contribution in [0.3, 0.4) is 0 Å². The predicted molar refractivity (Wildman–Crippen MR) is 117 cm³/mol. The van der Waals surface area contributed by atoms with Crippen molar-refractivity contribution in [1.29, 1.82) is 5.26 Å². The Bertz CT molecular complexity index is 864. The molecule has 8 atom stereocenters. The van der Waals surface area contributed by atoms with Crippen LogP contribution in [0.5, 0.6) is 0 Å². The molecule has 0 radical (unpaired) electrons. The molecule has 5 unspecified atom stereocenters. The average Bonchev–Trinajstić information content (AvgIpc) is 3.30. The molecule has 4 nitrogen and oxygen atoms in total. The van der Waals surface area contributed by atoms with E-state index in [2.05, 4.69) is 31.6 Å². The fraction of sp³-hybridized carbons (Fsp3) is 0.769. The monoisotopic (exact) mass is 407 g/mol. The van der Waals surface area contributed by atoms with Crippen LogP contribution in [-0.2, 0) is 6.54 Å². The van der Waals surface area contributed by atoms with Crippen LogP contribution in [-0.4, -0.2) is 20.5 Å². The van der Waals surface area contributed by atoms with Gasteiger partial charge in [-0.15, -0.1) is 0 Å². The van der Waals surface area contributed by atoms with E-state index in [0.717, 1.165) is 49.0 Å². The summed E-state index contributed by atoms with van der Waals surface area (Å²) in [6.45, 7) is 9.86. The molecule has 0 spiro atoms. The Morgan fingerprint density at radius 3 is 2.73 bits per heavy atom. The molecule has 1 N–H and O–H groups in total. The van der Waals surface area contributed by atoms with Gasteiger partial charge in [-0.25, -0.2) is 0 Å². The summed E-state index contributed by atoms with van der Waals surface area (Å²) in [6, 6.07) is 2.17. The largest absolute Gasteiger partial charge is 0.390 e. The lowest BCUT2D eigenvalue weighted by atomic mass is 9.49. The maximum atomic E-state index is 10.6. The fourth-order valence-corrected chi connectivity index (χ4v) is 8.58. The molecule has 162 valence electrons. The maximum absolute atomic E-state index is 10.6. The predicted octanol–water partition coefficient (Wildman–Crippen LogP) is 5.33. The molecule has 0 aliphatic heterocycles. The van der Waals surface area contributed by atoms with Crippen molar-refractivity contribution < 1.29 is 5.11 Å². The normalized spacial score (nSPS) is 45.1. The zero-order chi connectivity index (χ0) is 21.1. The Morgan fingerprint density at radius 1 is 1.17 bits per heavy atom. The van der Waals surface area contributed by atoms with Gasteiger partial charge in [-0.3, -0.25) is 4.68 Å². The second-order valence-electron chi connectivity index (χ2n) is 11.5. The van der Waals surface area contributed by atoms with E-state index in [1.54, 1.807) is 6.20 Å². The zero-order valence-corrected chi connectivity index (χ0v) is 18.7. The molecule has 4 saturated carbocycles. The second kappa shape index (κ2) is 7.23. The summed E-state index contributed by atoms with van der Waals surface area (Å²) >= 11 is 0. The van der Waals surface area contributed by atoms with Gasteiger partial charge in [0.1, 0.15) is 6.07 Å². The standard InChI is InChI=1S/C26H37N3O/c1-17(15-29-16-18(13-27)14-28-29)23-6-7-24-22-5-4-19-12-25(2,30)10-8-20(19)21(22)9-11-26(23,24)3/h14,16,19-24,30H,1,4-12,15H2,2-3H3/t19?,20?,21-,22?,23?,24+,25-,26?/m1/s1. The minimum atomic E-state index is -0.425. The van der Waals surface area contributed by atoms with Gasteiger partial charge in [0.2, 0.25) is 0 Å². The highest BCUT2D eigenvalue weighted by molar-refractivity contribution is 5.22. The Hall–Kier alpha value is -1.60. The molecular weight excluding hydrogens is 370 g/mol. The Labute approximate surface area is 181 Å². The maximum Gasteiger partial charge on any atom is 0.102 e. The molecule has 4 aliphatic rings. The third kappa shape index (κ3) is 3.25. The molecule has 0 bridgehead atoms. The number of nitriles is 1. The second-order valence-corrected chi connectivity index (χ2v) is 11.5. The van der Waals surface area contributed by atoms with Crippen molar-refractivity contribution in [3.63, 3.8) is 0 Å². The van der Waals surface area contributed by atoms with E-state index >= 15 is 0 Å². The first-order valence-corrected chi connectivity index (χ1v) is 12.1. The number of allylic oxidation sites excluding steroid dienone is 1. The van der Waals surface area contributed by atoms with Gasteiger partial charge < -0.3 is 5.11 Å². The summed E-state index contributed by atoms with van der Waals surface area (Å²) in [5, 5.41) is 24.0. The van der Waals surface area contributed by atoms with Crippen molar-refractivity contribution in [3.05, 3.63) is 30.1 Å². The minimum absolute atomic E-state index is 0.371. The van der Waals surface area contributed by atoms with E-state index in [0.29, 0.717) is 16.9 Å².